The van der Waals surface area contributed by atoms with Crippen molar-refractivity contribution in [3.8, 4) is 0 Å². The third-order valence-corrected chi connectivity index (χ3v) is 6.44. The highest BCUT2D eigenvalue weighted by molar-refractivity contribution is 14.0. The van der Waals surface area contributed by atoms with Crippen LogP contribution in [0.4, 0.5) is 5.69 Å². The van der Waals surface area contributed by atoms with Gasteiger partial charge < -0.3 is 15.5 Å². The van der Waals surface area contributed by atoms with Gasteiger partial charge >= 0.3 is 0 Å². The summed E-state index contributed by atoms with van der Waals surface area (Å²) >= 11 is 0. The van der Waals surface area contributed by atoms with Crippen molar-refractivity contribution >= 4 is 35.6 Å². The quantitative estimate of drug-likeness (QED) is 0.222. The molecule has 0 aliphatic carbocycles. The van der Waals surface area contributed by atoms with Crippen molar-refractivity contribution in [1.29, 1.82) is 0 Å². The minimum atomic E-state index is 0. The van der Waals surface area contributed by atoms with Gasteiger partial charge in [-0.2, -0.15) is 0 Å². The van der Waals surface area contributed by atoms with Gasteiger partial charge in [0.25, 0.3) is 0 Å². The zero-order valence-electron chi connectivity index (χ0n) is 19.9. The Morgan fingerprint density at radius 2 is 1.79 bits per heavy atom. The molecule has 2 N–H and O–H groups in total. The SMILES string of the molecule is CCNC(=NCc1cccc(N2CC=CC2)c1)NC1CCN(Cc2ccccc2)C(C)C1.I. The molecule has 0 aromatic heterocycles. The van der Waals surface area contributed by atoms with E-state index in [2.05, 4.69) is 101 Å². The highest BCUT2D eigenvalue weighted by Crippen LogP contribution is 2.21. The minimum absolute atomic E-state index is 0. The van der Waals surface area contributed by atoms with Gasteiger partial charge in [0.2, 0.25) is 0 Å². The molecule has 2 aliphatic rings. The Labute approximate surface area is 216 Å². The van der Waals surface area contributed by atoms with Crippen LogP contribution in [-0.2, 0) is 13.1 Å². The summed E-state index contributed by atoms with van der Waals surface area (Å²) in [6, 6.07) is 20.6. The highest BCUT2D eigenvalue weighted by atomic mass is 127. The number of benzene rings is 2. The van der Waals surface area contributed by atoms with Crippen molar-refractivity contribution in [2.75, 3.05) is 31.1 Å². The first kappa shape index (κ1) is 25.6. The van der Waals surface area contributed by atoms with Crippen LogP contribution in [0.1, 0.15) is 37.8 Å². The second-order valence-corrected chi connectivity index (χ2v) is 8.91. The molecule has 1 fully saturated rings. The summed E-state index contributed by atoms with van der Waals surface area (Å²) < 4.78 is 0. The van der Waals surface area contributed by atoms with Crippen LogP contribution >= 0.6 is 24.0 Å². The Morgan fingerprint density at radius 3 is 2.52 bits per heavy atom. The molecule has 33 heavy (non-hydrogen) atoms. The molecule has 2 atom stereocenters. The zero-order valence-corrected chi connectivity index (χ0v) is 22.2. The number of likely N-dealkylation sites (tertiary alicyclic amines) is 1. The molecular weight excluding hydrogens is 521 g/mol. The zero-order chi connectivity index (χ0) is 22.2. The van der Waals surface area contributed by atoms with E-state index in [-0.39, 0.29) is 24.0 Å². The number of hydrogen-bond donors (Lipinski definition) is 2. The van der Waals surface area contributed by atoms with E-state index in [0.29, 0.717) is 18.6 Å². The van der Waals surface area contributed by atoms with Crippen LogP contribution < -0.4 is 15.5 Å². The molecule has 2 aromatic rings. The van der Waals surface area contributed by atoms with Gasteiger partial charge in [-0.05, 0) is 49.9 Å². The van der Waals surface area contributed by atoms with E-state index in [0.717, 1.165) is 51.5 Å². The van der Waals surface area contributed by atoms with Crippen LogP contribution in [0, 0.1) is 0 Å². The molecule has 0 amide bonds. The summed E-state index contributed by atoms with van der Waals surface area (Å²) in [4.78, 5) is 9.87. The lowest BCUT2D eigenvalue weighted by molar-refractivity contribution is 0.134. The number of piperidine rings is 1. The Bertz CT molecular complexity index is 906. The van der Waals surface area contributed by atoms with Gasteiger partial charge in [-0.1, -0.05) is 54.6 Å². The van der Waals surface area contributed by atoms with Gasteiger partial charge in [-0.3, -0.25) is 4.90 Å². The van der Waals surface area contributed by atoms with Crippen LogP contribution in [0.5, 0.6) is 0 Å². The number of nitrogens with one attached hydrogen (secondary N) is 2. The number of guanidine groups is 1. The van der Waals surface area contributed by atoms with Gasteiger partial charge in [0, 0.05) is 50.5 Å². The summed E-state index contributed by atoms with van der Waals surface area (Å²) in [5.74, 6) is 0.925. The molecule has 178 valence electrons. The summed E-state index contributed by atoms with van der Waals surface area (Å²) in [5, 5.41) is 7.14. The van der Waals surface area contributed by atoms with Crippen LogP contribution in [-0.4, -0.2) is 49.1 Å². The van der Waals surface area contributed by atoms with E-state index < -0.39 is 0 Å². The first-order valence-corrected chi connectivity index (χ1v) is 12.0. The highest BCUT2D eigenvalue weighted by Gasteiger charge is 2.26. The lowest BCUT2D eigenvalue weighted by Crippen LogP contribution is -2.51. The van der Waals surface area contributed by atoms with Gasteiger partial charge in [-0.25, -0.2) is 4.99 Å². The van der Waals surface area contributed by atoms with E-state index in [4.69, 9.17) is 4.99 Å². The first-order valence-electron chi connectivity index (χ1n) is 12.0. The average molecular weight is 560 g/mol. The fourth-order valence-corrected chi connectivity index (χ4v) is 4.63. The van der Waals surface area contributed by atoms with Crippen molar-refractivity contribution in [3.63, 3.8) is 0 Å². The molecule has 2 unspecified atom stereocenters. The summed E-state index contributed by atoms with van der Waals surface area (Å²) in [6.07, 6.45) is 6.72. The summed E-state index contributed by atoms with van der Waals surface area (Å²) in [6.45, 7) is 10.2. The second-order valence-electron chi connectivity index (χ2n) is 8.91. The molecule has 0 bridgehead atoms. The van der Waals surface area contributed by atoms with E-state index in [1.165, 1.54) is 16.8 Å². The topological polar surface area (TPSA) is 42.9 Å². The Balaban J connectivity index is 0.00000306. The van der Waals surface area contributed by atoms with Crippen molar-refractivity contribution in [3.05, 3.63) is 77.9 Å². The molecule has 2 aliphatic heterocycles. The van der Waals surface area contributed by atoms with Crippen molar-refractivity contribution in [1.82, 2.24) is 15.5 Å². The normalized spacial score (nSPS) is 21.0. The van der Waals surface area contributed by atoms with Crippen LogP contribution in [0.15, 0.2) is 71.7 Å². The van der Waals surface area contributed by atoms with Crippen LogP contribution in [0.3, 0.4) is 0 Å². The molecule has 2 heterocycles. The molecule has 5 nitrogen and oxygen atoms in total. The van der Waals surface area contributed by atoms with Gasteiger partial charge in [0.15, 0.2) is 5.96 Å². The van der Waals surface area contributed by atoms with E-state index >= 15 is 0 Å². The predicted molar refractivity (Wildman–Crippen MR) is 150 cm³/mol. The lowest BCUT2D eigenvalue weighted by Gasteiger charge is -2.38. The van der Waals surface area contributed by atoms with Crippen molar-refractivity contribution in [2.45, 2.75) is 51.9 Å². The molecular formula is C27H38IN5. The third-order valence-electron chi connectivity index (χ3n) is 6.44. The maximum absolute atomic E-state index is 4.90. The molecule has 6 heteroatoms. The predicted octanol–water partition coefficient (Wildman–Crippen LogP) is 4.79. The first-order chi connectivity index (χ1) is 15.7. The van der Waals surface area contributed by atoms with E-state index in [1.807, 2.05) is 0 Å². The molecule has 2 aromatic carbocycles. The van der Waals surface area contributed by atoms with E-state index in [1.54, 1.807) is 0 Å². The van der Waals surface area contributed by atoms with Gasteiger partial charge in [0.05, 0.1) is 6.54 Å². The average Bonchev–Trinajstić information content (AvgIpc) is 3.36. The smallest absolute Gasteiger partial charge is 0.191 e. The second kappa shape index (κ2) is 13.0. The van der Waals surface area contributed by atoms with Crippen LogP contribution in [0.25, 0.3) is 0 Å². The maximum Gasteiger partial charge on any atom is 0.191 e. The Morgan fingerprint density at radius 1 is 1.03 bits per heavy atom. The fraction of sp³-hybridized carbons (Fsp3) is 0.444. The monoisotopic (exact) mass is 559 g/mol. The number of anilines is 1. The number of hydrogen-bond acceptors (Lipinski definition) is 3. The number of rotatable bonds is 7. The Kier molecular flexibility index (Phi) is 10.1. The van der Waals surface area contributed by atoms with E-state index in [9.17, 15) is 0 Å². The fourth-order valence-electron chi connectivity index (χ4n) is 4.63. The Hall–Kier alpha value is -2.06. The molecule has 1 saturated heterocycles. The molecule has 0 radical (unpaired) electrons. The summed E-state index contributed by atoms with van der Waals surface area (Å²) in [5.41, 5.74) is 3.92. The molecule has 4 rings (SSSR count). The number of nitrogens with zero attached hydrogens (tertiary/aromatic N) is 3. The van der Waals surface area contributed by atoms with Crippen molar-refractivity contribution < 1.29 is 0 Å². The third kappa shape index (κ3) is 7.47. The van der Waals surface area contributed by atoms with Gasteiger partial charge in [0.1, 0.15) is 0 Å². The maximum atomic E-state index is 4.90. The van der Waals surface area contributed by atoms with Crippen molar-refractivity contribution in [2.24, 2.45) is 4.99 Å². The van der Waals surface area contributed by atoms with Gasteiger partial charge in [-0.15, -0.1) is 24.0 Å². The standard InChI is InChI=1S/C27H37N5.HI/c1-3-28-27(29-20-24-12-9-13-26(19-24)31-15-7-8-16-31)30-25-14-17-32(22(2)18-25)21-23-10-5-4-6-11-23;/h4-13,19,22,25H,3,14-18,20-21H2,1-2H3,(H2,28,29,30);1H. The molecule has 0 saturated carbocycles. The largest absolute Gasteiger partial charge is 0.364 e. The van der Waals surface area contributed by atoms with Crippen LogP contribution in [0.2, 0.25) is 0 Å². The lowest BCUT2D eigenvalue weighted by atomic mass is 9.97. The minimum Gasteiger partial charge on any atom is -0.364 e. The number of halogens is 1. The number of aliphatic imine (C=N–C) groups is 1. The molecule has 0 spiro atoms. The summed E-state index contributed by atoms with van der Waals surface area (Å²) in [7, 11) is 0.